The molecule has 1 atom stereocenters. The number of fused-ring (bicyclic) bond motifs is 2. The van der Waals surface area contributed by atoms with Crippen LogP contribution in [0.2, 0.25) is 10.0 Å². The number of dihydropyridines is 1. The highest BCUT2D eigenvalue weighted by atomic mass is 35.5. The highest BCUT2D eigenvalue weighted by Crippen LogP contribution is 2.49. The van der Waals surface area contributed by atoms with Crippen molar-refractivity contribution in [2.45, 2.75) is 26.4 Å². The number of halogens is 2. The van der Waals surface area contributed by atoms with Crippen molar-refractivity contribution in [3.05, 3.63) is 110 Å². The summed E-state index contributed by atoms with van der Waals surface area (Å²) in [5.74, 6) is -0.639. The monoisotopic (exact) mass is 549 g/mol. The predicted molar refractivity (Wildman–Crippen MR) is 147 cm³/mol. The Bertz CT molecular complexity index is 1510. The average molecular weight is 550 g/mol. The maximum Gasteiger partial charge on any atom is 0.336 e. The average Bonchev–Trinajstić information content (AvgIpc) is 3.19. The molecule has 1 heterocycles. The van der Waals surface area contributed by atoms with Crippen LogP contribution < -0.4 is 14.8 Å². The number of ketones is 1. The molecule has 8 heteroatoms. The van der Waals surface area contributed by atoms with Gasteiger partial charge in [-0.15, -0.1) is 0 Å². The van der Waals surface area contributed by atoms with Crippen LogP contribution in [0.5, 0.6) is 11.5 Å². The van der Waals surface area contributed by atoms with Gasteiger partial charge in [0.25, 0.3) is 0 Å². The quantitative estimate of drug-likeness (QED) is 0.330. The maximum absolute atomic E-state index is 13.7. The van der Waals surface area contributed by atoms with E-state index in [9.17, 15) is 9.59 Å². The van der Waals surface area contributed by atoms with Crippen LogP contribution in [0.3, 0.4) is 0 Å². The summed E-state index contributed by atoms with van der Waals surface area (Å²) in [6, 6.07) is 18.1. The molecule has 2 aliphatic rings. The molecule has 0 bridgehead atoms. The maximum atomic E-state index is 13.7. The fraction of sp³-hybridized carbons (Fsp3) is 0.200. The second kappa shape index (κ2) is 10.6. The molecule has 0 spiro atoms. The summed E-state index contributed by atoms with van der Waals surface area (Å²) in [5, 5.41) is 4.21. The van der Waals surface area contributed by atoms with Crippen LogP contribution >= 0.6 is 23.2 Å². The number of esters is 1. The molecule has 0 amide bonds. The molecule has 0 unspecified atom stereocenters. The Balaban J connectivity index is 1.60. The van der Waals surface area contributed by atoms with Crippen molar-refractivity contribution in [3.63, 3.8) is 0 Å². The molecule has 0 fully saturated rings. The molecule has 1 N–H and O–H groups in total. The number of rotatable bonds is 7. The number of nitrogens with one attached hydrogen (secondary N) is 1. The van der Waals surface area contributed by atoms with Gasteiger partial charge in [-0.1, -0.05) is 59.6 Å². The molecule has 3 aromatic rings. The normalized spacial score (nSPS) is 16.1. The van der Waals surface area contributed by atoms with Crippen LogP contribution in [0.4, 0.5) is 0 Å². The lowest BCUT2D eigenvalue weighted by Crippen LogP contribution is -2.29. The Morgan fingerprint density at radius 1 is 1.03 bits per heavy atom. The largest absolute Gasteiger partial charge is 0.493 e. The third kappa shape index (κ3) is 4.55. The molecule has 0 saturated carbocycles. The first kappa shape index (κ1) is 25.9. The molecule has 0 radical (unpaired) electrons. The van der Waals surface area contributed by atoms with Crippen LogP contribution in [0, 0.1) is 0 Å². The van der Waals surface area contributed by atoms with Crippen molar-refractivity contribution in [1.29, 1.82) is 0 Å². The van der Waals surface area contributed by atoms with Gasteiger partial charge in [0.1, 0.15) is 6.61 Å². The molecule has 6 nitrogen and oxygen atoms in total. The van der Waals surface area contributed by atoms with Crippen LogP contribution in [-0.4, -0.2) is 25.5 Å². The highest BCUT2D eigenvalue weighted by Gasteiger charge is 2.43. The highest BCUT2D eigenvalue weighted by molar-refractivity contribution is 6.32. The van der Waals surface area contributed by atoms with E-state index in [2.05, 4.69) is 5.32 Å². The van der Waals surface area contributed by atoms with E-state index in [1.807, 2.05) is 30.3 Å². The molecule has 38 heavy (non-hydrogen) atoms. The first-order valence-electron chi connectivity index (χ1n) is 12.1. The molecule has 5 rings (SSSR count). The first-order valence-corrected chi connectivity index (χ1v) is 12.9. The summed E-state index contributed by atoms with van der Waals surface area (Å²) in [5.41, 5.74) is 4.99. The fourth-order valence-corrected chi connectivity index (χ4v) is 5.32. The van der Waals surface area contributed by atoms with Crippen LogP contribution in [-0.2, 0) is 16.1 Å². The van der Waals surface area contributed by atoms with E-state index in [1.54, 1.807) is 44.2 Å². The zero-order valence-electron chi connectivity index (χ0n) is 21.1. The molecule has 3 aromatic carbocycles. The zero-order chi connectivity index (χ0) is 27.0. The lowest BCUT2D eigenvalue weighted by Gasteiger charge is -2.29. The van der Waals surface area contributed by atoms with Gasteiger partial charge >= 0.3 is 5.97 Å². The number of hydrogen-bond acceptors (Lipinski definition) is 6. The van der Waals surface area contributed by atoms with Gasteiger partial charge < -0.3 is 19.5 Å². The Labute approximate surface area is 230 Å². The molecule has 194 valence electrons. The molecule has 0 saturated heterocycles. The lowest BCUT2D eigenvalue weighted by molar-refractivity contribution is -0.138. The number of benzene rings is 3. The van der Waals surface area contributed by atoms with Gasteiger partial charge in [0.05, 0.1) is 30.0 Å². The minimum absolute atomic E-state index is 0.152. The number of hydrogen-bond donors (Lipinski definition) is 1. The van der Waals surface area contributed by atoms with Crippen molar-refractivity contribution in [2.24, 2.45) is 0 Å². The van der Waals surface area contributed by atoms with Crippen molar-refractivity contribution >= 4 is 40.7 Å². The Hall–Kier alpha value is -3.74. The van der Waals surface area contributed by atoms with Crippen molar-refractivity contribution in [3.8, 4) is 11.5 Å². The van der Waals surface area contributed by atoms with Crippen molar-refractivity contribution in [2.75, 3.05) is 13.7 Å². The van der Waals surface area contributed by atoms with E-state index < -0.39 is 11.9 Å². The number of ether oxygens (including phenoxy) is 3. The van der Waals surface area contributed by atoms with Gasteiger partial charge in [-0.25, -0.2) is 4.79 Å². The van der Waals surface area contributed by atoms with Gasteiger partial charge in [-0.3, -0.25) is 4.79 Å². The van der Waals surface area contributed by atoms with Gasteiger partial charge in [-0.05, 0) is 49.2 Å². The summed E-state index contributed by atoms with van der Waals surface area (Å²) in [7, 11) is 1.52. The van der Waals surface area contributed by atoms with Crippen LogP contribution in [0.25, 0.3) is 5.70 Å². The van der Waals surface area contributed by atoms with Crippen LogP contribution in [0.1, 0.15) is 46.8 Å². The van der Waals surface area contributed by atoms with Gasteiger partial charge in [-0.2, -0.15) is 0 Å². The summed E-state index contributed by atoms with van der Waals surface area (Å²) in [6.07, 6.45) is 0. The fourth-order valence-electron chi connectivity index (χ4n) is 4.92. The second-order valence-electron chi connectivity index (χ2n) is 8.93. The third-order valence-corrected chi connectivity index (χ3v) is 7.16. The number of allylic oxidation sites excluding steroid dienone is 2. The van der Waals surface area contributed by atoms with E-state index in [-0.39, 0.29) is 24.0 Å². The SMILES string of the molecule is CCOC(=O)C1=C(C)NC2=C(C(=O)c3ccccc32)[C@@H]1c1cc(Cl)c(OCc2ccc(Cl)cc2)c(OC)c1. The number of methoxy groups -OCH3 is 1. The van der Waals surface area contributed by atoms with E-state index in [4.69, 9.17) is 37.4 Å². The van der Waals surface area contributed by atoms with Gasteiger partial charge in [0.2, 0.25) is 0 Å². The molecule has 0 aromatic heterocycles. The van der Waals surface area contributed by atoms with E-state index in [0.29, 0.717) is 50.2 Å². The first-order chi connectivity index (χ1) is 18.3. The van der Waals surface area contributed by atoms with Crippen molar-refractivity contribution < 1.29 is 23.8 Å². The third-order valence-electron chi connectivity index (χ3n) is 6.63. The van der Waals surface area contributed by atoms with E-state index >= 15 is 0 Å². The summed E-state index contributed by atoms with van der Waals surface area (Å²) in [4.78, 5) is 26.9. The lowest BCUT2D eigenvalue weighted by atomic mass is 9.79. The standard InChI is InChI=1S/C30H25Cl2NO5/c1-4-37-30(35)24-16(2)33-27-20-7-5-6-8-21(20)28(34)26(27)25(24)18-13-22(32)29(23(14-18)36-3)38-15-17-9-11-19(31)12-10-17/h5-14,25,33H,4,15H2,1-3H3/t25-/m1/s1. The topological polar surface area (TPSA) is 73.9 Å². The summed E-state index contributed by atoms with van der Waals surface area (Å²) in [6.45, 7) is 3.99. The predicted octanol–water partition coefficient (Wildman–Crippen LogP) is 6.71. The number of carbonyl (C=O) groups excluding carboxylic acids is 2. The number of Topliss-reactive ketones (excluding diaryl/α,β-unsaturated/α-hetero) is 1. The summed E-state index contributed by atoms with van der Waals surface area (Å²) < 4.78 is 17.1. The molecule has 1 aliphatic carbocycles. The van der Waals surface area contributed by atoms with Gasteiger partial charge in [0.15, 0.2) is 17.3 Å². The molecule has 1 aliphatic heterocycles. The summed E-state index contributed by atoms with van der Waals surface area (Å²) >= 11 is 12.7. The number of carbonyl (C=O) groups is 2. The second-order valence-corrected chi connectivity index (χ2v) is 9.77. The molecular formula is C30H25Cl2NO5. The van der Waals surface area contributed by atoms with Crippen molar-refractivity contribution in [1.82, 2.24) is 5.32 Å². The van der Waals surface area contributed by atoms with E-state index in [0.717, 1.165) is 11.1 Å². The van der Waals surface area contributed by atoms with Gasteiger partial charge in [0, 0.05) is 33.3 Å². The van der Waals surface area contributed by atoms with E-state index in [1.165, 1.54) is 7.11 Å². The Morgan fingerprint density at radius 3 is 2.42 bits per heavy atom. The van der Waals surface area contributed by atoms with Crippen LogP contribution in [0.15, 0.2) is 77.5 Å². The Morgan fingerprint density at radius 2 is 1.74 bits per heavy atom. The zero-order valence-corrected chi connectivity index (χ0v) is 22.6. The smallest absolute Gasteiger partial charge is 0.336 e. The Kier molecular flexibility index (Phi) is 7.19. The minimum Gasteiger partial charge on any atom is -0.493 e. The molecular weight excluding hydrogens is 525 g/mol. The minimum atomic E-state index is -0.720.